The summed E-state index contributed by atoms with van der Waals surface area (Å²) in [4.78, 5) is 13.8. The van der Waals surface area contributed by atoms with Crippen LogP contribution in [0.25, 0.3) is 0 Å². The monoisotopic (exact) mass is 237 g/mol. The Morgan fingerprint density at radius 1 is 1.50 bits per heavy atom. The molecule has 3 nitrogen and oxygen atoms in total. The van der Waals surface area contributed by atoms with Crippen LogP contribution in [0.5, 0.6) is 0 Å². The molecule has 16 heavy (non-hydrogen) atoms. The molecule has 0 aliphatic rings. The number of esters is 1. The van der Waals surface area contributed by atoms with Gasteiger partial charge in [0.25, 0.3) is 6.43 Å². The number of hydrogen-bond acceptors (Lipinski definition) is 3. The van der Waals surface area contributed by atoms with Gasteiger partial charge in [0.1, 0.15) is 11.4 Å². The van der Waals surface area contributed by atoms with E-state index in [0.29, 0.717) is 6.07 Å². The summed E-state index contributed by atoms with van der Waals surface area (Å²) >= 11 is 0. The van der Waals surface area contributed by atoms with Crippen molar-refractivity contribution in [1.82, 2.24) is 4.98 Å². The van der Waals surface area contributed by atoms with Gasteiger partial charge in [0.2, 0.25) is 5.95 Å². The molecule has 0 spiro atoms. The van der Waals surface area contributed by atoms with Crippen molar-refractivity contribution in [3.05, 3.63) is 29.1 Å². The van der Waals surface area contributed by atoms with Gasteiger partial charge < -0.3 is 4.74 Å². The summed E-state index contributed by atoms with van der Waals surface area (Å²) in [6, 6.07) is 0.585. The van der Waals surface area contributed by atoms with Gasteiger partial charge in [0, 0.05) is 0 Å². The lowest BCUT2D eigenvalue weighted by molar-refractivity contribution is -0.139. The number of aromatic nitrogens is 1. The largest absolute Gasteiger partial charge is 0.469 e. The number of carbonyl (C=O) groups is 1. The van der Waals surface area contributed by atoms with Gasteiger partial charge in [0.05, 0.1) is 19.2 Å². The minimum atomic E-state index is -3.29. The topological polar surface area (TPSA) is 39.2 Å². The first kappa shape index (κ1) is 12.4. The minimum Gasteiger partial charge on any atom is -0.469 e. The molecule has 0 saturated carbocycles. The van der Waals surface area contributed by atoms with Crippen LogP contribution < -0.4 is 0 Å². The summed E-state index contributed by atoms with van der Waals surface area (Å²) in [5.41, 5.74) is -1.69. The molecule has 0 aliphatic heterocycles. The maximum absolute atomic E-state index is 13.0. The fourth-order valence-electron chi connectivity index (χ4n) is 1.05. The van der Waals surface area contributed by atoms with Crippen molar-refractivity contribution in [2.45, 2.75) is 12.8 Å². The summed E-state index contributed by atoms with van der Waals surface area (Å²) in [6.07, 6.45) is -3.77. The molecular weight excluding hydrogens is 230 g/mol. The van der Waals surface area contributed by atoms with Crippen molar-refractivity contribution < 1.29 is 27.1 Å². The average Bonchev–Trinajstić information content (AvgIpc) is 2.15. The molecule has 1 rings (SSSR count). The third-order valence-corrected chi connectivity index (χ3v) is 1.79. The van der Waals surface area contributed by atoms with Crippen molar-refractivity contribution in [3.63, 3.8) is 0 Å². The van der Waals surface area contributed by atoms with Crippen molar-refractivity contribution in [2.24, 2.45) is 0 Å². The first-order valence-corrected chi connectivity index (χ1v) is 4.15. The van der Waals surface area contributed by atoms with Crippen molar-refractivity contribution in [2.75, 3.05) is 7.11 Å². The third-order valence-electron chi connectivity index (χ3n) is 1.79. The van der Waals surface area contributed by atoms with E-state index in [1.165, 1.54) is 0 Å². The smallest absolute Gasteiger partial charge is 0.311 e. The van der Waals surface area contributed by atoms with Crippen LogP contribution in [0.3, 0.4) is 0 Å². The lowest BCUT2D eigenvalue weighted by atomic mass is 10.2. The Hall–Kier alpha value is -1.66. The van der Waals surface area contributed by atoms with Gasteiger partial charge >= 0.3 is 5.97 Å². The van der Waals surface area contributed by atoms with Crippen LogP contribution in [0.4, 0.5) is 17.6 Å². The lowest BCUT2D eigenvalue weighted by Crippen LogP contribution is -2.09. The molecule has 0 radical (unpaired) electrons. The van der Waals surface area contributed by atoms with E-state index in [1.54, 1.807) is 0 Å². The molecule has 0 aliphatic carbocycles. The predicted molar refractivity (Wildman–Crippen MR) is 44.8 cm³/mol. The van der Waals surface area contributed by atoms with Gasteiger partial charge in [-0.15, -0.1) is 0 Å². The number of alkyl halides is 2. The van der Waals surface area contributed by atoms with Crippen LogP contribution >= 0.6 is 0 Å². The van der Waals surface area contributed by atoms with E-state index in [2.05, 4.69) is 9.72 Å². The van der Waals surface area contributed by atoms with E-state index in [9.17, 15) is 22.4 Å². The first-order valence-electron chi connectivity index (χ1n) is 4.15. The first-order chi connectivity index (χ1) is 7.45. The van der Waals surface area contributed by atoms with Crippen LogP contribution in [-0.2, 0) is 16.0 Å². The van der Waals surface area contributed by atoms with Gasteiger partial charge in [0.15, 0.2) is 0 Å². The second-order valence-electron chi connectivity index (χ2n) is 2.85. The summed E-state index contributed by atoms with van der Waals surface area (Å²) in [7, 11) is 1.09. The molecule has 0 N–H and O–H groups in total. The van der Waals surface area contributed by atoms with Gasteiger partial charge in [-0.2, -0.15) is 4.39 Å². The van der Waals surface area contributed by atoms with Gasteiger partial charge in [-0.25, -0.2) is 18.2 Å². The predicted octanol–water partition coefficient (Wildman–Crippen LogP) is 2.01. The fourth-order valence-corrected chi connectivity index (χ4v) is 1.05. The molecule has 0 atom stereocenters. The quantitative estimate of drug-likeness (QED) is 0.458. The molecule has 0 saturated heterocycles. The lowest BCUT2D eigenvalue weighted by Gasteiger charge is -2.05. The van der Waals surface area contributed by atoms with Crippen molar-refractivity contribution >= 4 is 5.97 Å². The van der Waals surface area contributed by atoms with Crippen LogP contribution in [-0.4, -0.2) is 18.1 Å². The highest BCUT2D eigenvalue weighted by atomic mass is 19.3. The highest BCUT2D eigenvalue weighted by Crippen LogP contribution is 2.24. The number of nitrogens with zero attached hydrogens (tertiary/aromatic N) is 1. The van der Waals surface area contributed by atoms with Gasteiger partial charge in [-0.05, 0) is 6.07 Å². The molecule has 1 aromatic heterocycles. The standard InChI is InChI=1S/C9H7F4NO2/c1-16-6(15)3-4-2-5(10)7(8(11)12)9(13)14-4/h2,8H,3H2,1H3. The zero-order chi connectivity index (χ0) is 12.3. The number of ether oxygens (including phenoxy) is 1. The number of methoxy groups -OCH3 is 1. The van der Waals surface area contributed by atoms with Gasteiger partial charge in [-0.1, -0.05) is 0 Å². The number of rotatable bonds is 3. The van der Waals surface area contributed by atoms with E-state index in [-0.39, 0.29) is 5.69 Å². The van der Waals surface area contributed by atoms with Crippen LogP contribution in [0.2, 0.25) is 0 Å². The Labute approximate surface area is 88.0 Å². The number of halogens is 4. The number of carbonyl (C=O) groups excluding carboxylic acids is 1. The molecule has 7 heteroatoms. The Bertz CT molecular complexity index is 385. The highest BCUT2D eigenvalue weighted by molar-refractivity contribution is 5.71. The maximum Gasteiger partial charge on any atom is 0.311 e. The van der Waals surface area contributed by atoms with Crippen LogP contribution in [0.1, 0.15) is 17.7 Å². The van der Waals surface area contributed by atoms with Crippen LogP contribution in [0, 0.1) is 11.8 Å². The molecule has 88 valence electrons. The zero-order valence-corrected chi connectivity index (χ0v) is 8.14. The van der Waals surface area contributed by atoms with Gasteiger partial charge in [-0.3, -0.25) is 4.79 Å². The Morgan fingerprint density at radius 3 is 2.56 bits per heavy atom. The Kier molecular flexibility index (Phi) is 3.81. The molecule has 0 bridgehead atoms. The van der Waals surface area contributed by atoms with E-state index in [1.807, 2.05) is 0 Å². The molecule has 0 fully saturated rings. The summed E-state index contributed by atoms with van der Waals surface area (Å²) in [5, 5.41) is 0. The maximum atomic E-state index is 13.0. The Balaban J connectivity index is 3.05. The molecule has 0 aromatic carbocycles. The van der Waals surface area contributed by atoms with E-state index >= 15 is 0 Å². The SMILES string of the molecule is COC(=O)Cc1cc(F)c(C(F)F)c(F)n1. The van der Waals surface area contributed by atoms with Crippen LogP contribution in [0.15, 0.2) is 6.07 Å². The van der Waals surface area contributed by atoms with E-state index < -0.39 is 36.1 Å². The highest BCUT2D eigenvalue weighted by Gasteiger charge is 2.22. The molecule has 1 heterocycles. The fraction of sp³-hybridized carbons (Fsp3) is 0.333. The van der Waals surface area contributed by atoms with E-state index in [0.717, 1.165) is 7.11 Å². The normalized spacial score (nSPS) is 10.6. The number of hydrogen-bond donors (Lipinski definition) is 0. The van der Waals surface area contributed by atoms with E-state index in [4.69, 9.17) is 0 Å². The second kappa shape index (κ2) is 4.91. The summed E-state index contributed by atoms with van der Waals surface area (Å²) in [6.45, 7) is 0. The molecule has 0 amide bonds. The third kappa shape index (κ3) is 2.68. The Morgan fingerprint density at radius 2 is 2.12 bits per heavy atom. The molecule has 0 unspecified atom stereocenters. The average molecular weight is 237 g/mol. The summed E-state index contributed by atoms with van der Waals surface area (Å²) in [5.74, 6) is -3.81. The molecular formula is C9H7F4NO2. The second-order valence-corrected chi connectivity index (χ2v) is 2.85. The number of pyridine rings is 1. The summed E-state index contributed by atoms with van der Waals surface area (Å²) < 4.78 is 54.5. The minimum absolute atomic E-state index is 0.300. The zero-order valence-electron chi connectivity index (χ0n) is 8.14. The molecule has 1 aromatic rings. The van der Waals surface area contributed by atoms with Crippen molar-refractivity contribution in [1.29, 1.82) is 0 Å². The van der Waals surface area contributed by atoms with Crippen molar-refractivity contribution in [3.8, 4) is 0 Å².